The highest BCUT2D eigenvalue weighted by Crippen LogP contribution is 2.21. The Kier molecular flexibility index (Phi) is 6.28. The molecule has 0 aliphatic carbocycles. The molecule has 3 rings (SSSR count). The number of para-hydroxylation sites is 1. The average molecular weight is 357 g/mol. The largest absolute Gasteiger partial charge is 0.383 e. The number of nitrogens with zero attached hydrogens (tertiary/aromatic N) is 1. The number of carbonyl (C=O) groups excluding carboxylic acids is 2. The SMILES string of the molecule is COCCNC(=O)[C@H]1CCCN(C(=O)CCc2c[nH]c3ccccc23)C1. The third-order valence-electron chi connectivity index (χ3n) is 5.03. The number of benzene rings is 1. The molecule has 6 heteroatoms. The second-order valence-electron chi connectivity index (χ2n) is 6.82. The smallest absolute Gasteiger partial charge is 0.224 e. The lowest BCUT2D eigenvalue weighted by Crippen LogP contribution is -2.46. The number of H-pyrrole nitrogens is 1. The van der Waals surface area contributed by atoms with Gasteiger partial charge in [0.05, 0.1) is 12.5 Å². The molecule has 0 radical (unpaired) electrons. The van der Waals surface area contributed by atoms with Gasteiger partial charge in [-0.3, -0.25) is 9.59 Å². The summed E-state index contributed by atoms with van der Waals surface area (Å²) < 4.78 is 4.95. The summed E-state index contributed by atoms with van der Waals surface area (Å²) in [6, 6.07) is 8.13. The first-order chi connectivity index (χ1) is 12.7. The van der Waals surface area contributed by atoms with Crippen LogP contribution in [-0.2, 0) is 20.7 Å². The van der Waals surface area contributed by atoms with E-state index in [9.17, 15) is 9.59 Å². The van der Waals surface area contributed by atoms with E-state index < -0.39 is 0 Å². The van der Waals surface area contributed by atoms with Gasteiger partial charge in [0.2, 0.25) is 11.8 Å². The molecule has 26 heavy (non-hydrogen) atoms. The Labute approximate surface area is 153 Å². The fraction of sp³-hybridized carbons (Fsp3) is 0.500. The molecule has 140 valence electrons. The van der Waals surface area contributed by atoms with E-state index in [2.05, 4.69) is 16.4 Å². The molecule has 2 amide bonds. The molecule has 0 bridgehead atoms. The summed E-state index contributed by atoms with van der Waals surface area (Å²) in [4.78, 5) is 29.9. The minimum Gasteiger partial charge on any atom is -0.383 e. The van der Waals surface area contributed by atoms with E-state index in [1.54, 1.807) is 7.11 Å². The number of methoxy groups -OCH3 is 1. The van der Waals surface area contributed by atoms with Gasteiger partial charge in [0.1, 0.15) is 0 Å². The van der Waals surface area contributed by atoms with E-state index in [4.69, 9.17) is 4.74 Å². The maximum atomic E-state index is 12.6. The maximum absolute atomic E-state index is 12.6. The molecule has 0 spiro atoms. The Hall–Kier alpha value is -2.34. The zero-order valence-corrected chi connectivity index (χ0v) is 15.3. The predicted molar refractivity (Wildman–Crippen MR) is 101 cm³/mol. The fourth-order valence-electron chi connectivity index (χ4n) is 3.58. The molecule has 1 aliphatic rings. The quantitative estimate of drug-likeness (QED) is 0.745. The molecule has 0 saturated carbocycles. The first kappa shape index (κ1) is 18.5. The van der Waals surface area contributed by atoms with Crippen molar-refractivity contribution >= 4 is 22.7 Å². The Morgan fingerprint density at radius 1 is 1.35 bits per heavy atom. The molecule has 2 heterocycles. The van der Waals surface area contributed by atoms with Gasteiger partial charge in [0.25, 0.3) is 0 Å². The van der Waals surface area contributed by atoms with Crippen LogP contribution < -0.4 is 5.32 Å². The van der Waals surface area contributed by atoms with Crippen LogP contribution in [0, 0.1) is 5.92 Å². The lowest BCUT2D eigenvalue weighted by molar-refractivity contribution is -0.135. The van der Waals surface area contributed by atoms with Gasteiger partial charge < -0.3 is 19.9 Å². The Morgan fingerprint density at radius 3 is 3.04 bits per heavy atom. The van der Waals surface area contributed by atoms with Crippen LogP contribution in [0.2, 0.25) is 0 Å². The zero-order chi connectivity index (χ0) is 18.4. The molecular formula is C20H27N3O3. The van der Waals surface area contributed by atoms with E-state index >= 15 is 0 Å². The molecule has 1 aliphatic heterocycles. The van der Waals surface area contributed by atoms with E-state index in [0.29, 0.717) is 32.5 Å². The molecule has 0 unspecified atom stereocenters. The molecule has 1 atom stereocenters. The Balaban J connectivity index is 1.52. The highest BCUT2D eigenvalue weighted by Gasteiger charge is 2.28. The molecule has 1 aromatic carbocycles. The molecular weight excluding hydrogens is 330 g/mol. The van der Waals surface area contributed by atoms with Crippen LogP contribution in [0.15, 0.2) is 30.5 Å². The first-order valence-corrected chi connectivity index (χ1v) is 9.28. The highest BCUT2D eigenvalue weighted by atomic mass is 16.5. The van der Waals surface area contributed by atoms with Crippen molar-refractivity contribution < 1.29 is 14.3 Å². The van der Waals surface area contributed by atoms with Crippen LogP contribution in [0.3, 0.4) is 0 Å². The Bertz CT molecular complexity index is 756. The van der Waals surface area contributed by atoms with Gasteiger partial charge >= 0.3 is 0 Å². The van der Waals surface area contributed by atoms with Crippen LogP contribution in [0.5, 0.6) is 0 Å². The number of piperidine rings is 1. The molecule has 1 aromatic heterocycles. The normalized spacial score (nSPS) is 17.4. The zero-order valence-electron chi connectivity index (χ0n) is 15.3. The van der Waals surface area contributed by atoms with E-state index in [-0.39, 0.29) is 17.7 Å². The van der Waals surface area contributed by atoms with Crippen LogP contribution in [0.4, 0.5) is 0 Å². The predicted octanol–water partition coefficient (Wildman–Crippen LogP) is 2.10. The van der Waals surface area contributed by atoms with Crippen molar-refractivity contribution in [1.82, 2.24) is 15.2 Å². The van der Waals surface area contributed by atoms with Gasteiger partial charge in [-0.15, -0.1) is 0 Å². The number of aromatic amines is 1. The van der Waals surface area contributed by atoms with Gasteiger partial charge in [-0.05, 0) is 30.9 Å². The second-order valence-corrected chi connectivity index (χ2v) is 6.82. The fourth-order valence-corrected chi connectivity index (χ4v) is 3.58. The van der Waals surface area contributed by atoms with Gasteiger partial charge in [-0.2, -0.15) is 0 Å². The molecule has 2 N–H and O–H groups in total. The number of amides is 2. The number of likely N-dealkylation sites (tertiary alicyclic amines) is 1. The van der Waals surface area contributed by atoms with Gasteiger partial charge in [0.15, 0.2) is 0 Å². The monoisotopic (exact) mass is 357 g/mol. The van der Waals surface area contributed by atoms with Crippen LogP contribution >= 0.6 is 0 Å². The van der Waals surface area contributed by atoms with Crippen LogP contribution in [0.1, 0.15) is 24.8 Å². The number of nitrogens with one attached hydrogen (secondary N) is 2. The number of rotatable bonds is 7. The van der Waals surface area contributed by atoms with Gasteiger partial charge in [-0.25, -0.2) is 0 Å². The minimum absolute atomic E-state index is 0.0242. The van der Waals surface area contributed by atoms with Crippen LogP contribution in [-0.4, -0.2) is 55.0 Å². The first-order valence-electron chi connectivity index (χ1n) is 9.28. The van der Waals surface area contributed by atoms with Crippen molar-refractivity contribution in [2.75, 3.05) is 33.4 Å². The summed E-state index contributed by atoms with van der Waals surface area (Å²) in [5, 5.41) is 4.06. The average Bonchev–Trinajstić information content (AvgIpc) is 3.09. The van der Waals surface area contributed by atoms with Crippen molar-refractivity contribution in [3.63, 3.8) is 0 Å². The standard InChI is InChI=1S/C20H27N3O3/c1-26-12-10-21-20(25)16-5-4-11-23(14-16)19(24)9-8-15-13-22-18-7-3-2-6-17(15)18/h2-3,6-7,13,16,22H,4-5,8-12,14H2,1H3,(H,21,25)/t16-/m0/s1. The lowest BCUT2D eigenvalue weighted by Gasteiger charge is -2.32. The third kappa shape index (κ3) is 4.43. The summed E-state index contributed by atoms with van der Waals surface area (Å²) in [5.41, 5.74) is 2.26. The van der Waals surface area contributed by atoms with Crippen molar-refractivity contribution in [3.05, 3.63) is 36.0 Å². The molecule has 1 saturated heterocycles. The summed E-state index contributed by atoms with van der Waals surface area (Å²) in [7, 11) is 1.61. The number of aromatic nitrogens is 1. The van der Waals surface area contributed by atoms with Crippen molar-refractivity contribution in [2.45, 2.75) is 25.7 Å². The number of fused-ring (bicyclic) bond motifs is 1. The summed E-state index contributed by atoms with van der Waals surface area (Å²) in [5.74, 6) is 0.0403. The molecule has 2 aromatic rings. The summed E-state index contributed by atoms with van der Waals surface area (Å²) in [6.07, 6.45) is 4.89. The number of hydrogen-bond acceptors (Lipinski definition) is 3. The van der Waals surface area contributed by atoms with Crippen molar-refractivity contribution in [2.24, 2.45) is 5.92 Å². The summed E-state index contributed by atoms with van der Waals surface area (Å²) >= 11 is 0. The molecule has 1 fully saturated rings. The van der Waals surface area contributed by atoms with Crippen molar-refractivity contribution in [3.8, 4) is 0 Å². The minimum atomic E-state index is -0.113. The van der Waals surface area contributed by atoms with Gasteiger partial charge in [0, 0.05) is 50.3 Å². The number of ether oxygens (including phenoxy) is 1. The van der Waals surface area contributed by atoms with E-state index in [1.165, 1.54) is 10.9 Å². The Morgan fingerprint density at radius 2 is 2.19 bits per heavy atom. The van der Waals surface area contributed by atoms with E-state index in [0.717, 1.165) is 24.9 Å². The summed E-state index contributed by atoms with van der Waals surface area (Å²) in [6.45, 7) is 2.28. The second kappa shape index (κ2) is 8.85. The number of aryl methyl sites for hydroxylation is 1. The third-order valence-corrected chi connectivity index (χ3v) is 5.03. The molecule has 6 nitrogen and oxygen atoms in total. The van der Waals surface area contributed by atoms with Crippen molar-refractivity contribution in [1.29, 1.82) is 0 Å². The van der Waals surface area contributed by atoms with Crippen LogP contribution in [0.25, 0.3) is 10.9 Å². The topological polar surface area (TPSA) is 74.4 Å². The highest BCUT2D eigenvalue weighted by molar-refractivity contribution is 5.84. The maximum Gasteiger partial charge on any atom is 0.224 e. The van der Waals surface area contributed by atoms with Gasteiger partial charge in [-0.1, -0.05) is 18.2 Å². The lowest BCUT2D eigenvalue weighted by atomic mass is 9.96. The van der Waals surface area contributed by atoms with E-state index in [1.807, 2.05) is 29.3 Å². The number of hydrogen-bond donors (Lipinski definition) is 2. The number of carbonyl (C=O) groups is 2.